The predicted molar refractivity (Wildman–Crippen MR) is 77.4 cm³/mol. The van der Waals surface area contributed by atoms with Gasteiger partial charge in [-0.15, -0.1) is 0 Å². The van der Waals surface area contributed by atoms with Gasteiger partial charge in [-0.05, 0) is 47.0 Å². The van der Waals surface area contributed by atoms with Crippen LogP contribution in [0.15, 0.2) is 18.2 Å². The minimum absolute atomic E-state index is 0.106. The molecule has 0 aliphatic carbocycles. The van der Waals surface area contributed by atoms with Crippen LogP contribution in [0.4, 0.5) is 10.1 Å². The Morgan fingerprint density at radius 3 is 2.47 bits per heavy atom. The van der Waals surface area contributed by atoms with E-state index in [-0.39, 0.29) is 17.6 Å². The molecule has 3 nitrogen and oxygen atoms in total. The Morgan fingerprint density at radius 2 is 2.00 bits per heavy atom. The molecule has 1 aromatic rings. The van der Waals surface area contributed by atoms with Crippen LogP contribution < -0.4 is 4.90 Å². The minimum atomic E-state index is -0.333. The third-order valence-electron chi connectivity index (χ3n) is 3.16. The maximum atomic E-state index is 14.1. The number of halogens is 1. The summed E-state index contributed by atoms with van der Waals surface area (Å²) in [5, 5.41) is 0. The van der Waals surface area contributed by atoms with E-state index in [1.807, 2.05) is 32.8 Å². The summed E-state index contributed by atoms with van der Waals surface area (Å²) in [5.41, 5.74) is 0.874. The topological polar surface area (TPSA) is 23.6 Å². The Labute approximate surface area is 115 Å². The zero-order valence-electron chi connectivity index (χ0n) is 12.4. The average Bonchev–Trinajstić information content (AvgIpc) is 2.30. The van der Waals surface area contributed by atoms with E-state index >= 15 is 0 Å². The van der Waals surface area contributed by atoms with Gasteiger partial charge < -0.3 is 9.80 Å². The zero-order chi connectivity index (χ0) is 14.6. The van der Waals surface area contributed by atoms with Crippen LogP contribution in [0.3, 0.4) is 0 Å². The molecule has 0 fully saturated rings. The summed E-state index contributed by atoms with van der Waals surface area (Å²) in [6.45, 7) is 6.96. The molecule has 0 amide bonds. The molecule has 0 radical (unpaired) electrons. The van der Waals surface area contributed by atoms with E-state index in [0.717, 1.165) is 6.54 Å². The monoisotopic (exact) mass is 266 g/mol. The van der Waals surface area contributed by atoms with Gasteiger partial charge in [-0.2, -0.15) is 0 Å². The van der Waals surface area contributed by atoms with Gasteiger partial charge in [0.15, 0.2) is 5.78 Å². The number of hydrogen-bond acceptors (Lipinski definition) is 3. The van der Waals surface area contributed by atoms with Crippen molar-refractivity contribution in [1.82, 2.24) is 4.90 Å². The van der Waals surface area contributed by atoms with Crippen LogP contribution in [0.1, 0.15) is 31.1 Å². The van der Waals surface area contributed by atoms with Crippen LogP contribution in [0, 0.1) is 5.82 Å². The van der Waals surface area contributed by atoms with Gasteiger partial charge in [0, 0.05) is 24.7 Å². The van der Waals surface area contributed by atoms with Gasteiger partial charge in [-0.3, -0.25) is 4.79 Å². The lowest BCUT2D eigenvalue weighted by Crippen LogP contribution is -2.41. The van der Waals surface area contributed by atoms with E-state index in [4.69, 9.17) is 0 Å². The largest absolute Gasteiger partial charge is 0.365 e. The van der Waals surface area contributed by atoms with Gasteiger partial charge in [0.25, 0.3) is 0 Å². The fraction of sp³-hybridized carbons (Fsp3) is 0.533. The number of Topliss-reactive ketones (excluding diaryl/α,β-unsaturated/α-hetero) is 1. The molecular weight excluding hydrogens is 243 g/mol. The molecule has 1 atom stereocenters. The van der Waals surface area contributed by atoms with Crippen LogP contribution in [-0.4, -0.2) is 43.9 Å². The average molecular weight is 266 g/mol. The summed E-state index contributed by atoms with van der Waals surface area (Å²) in [5.74, 6) is -0.440. The standard InChI is InChI=1S/C15H23FN2O/c1-6-18(11(2)10-17(4)5)15-13(12(3)19)8-7-9-14(15)16/h7-9,11H,6,10H2,1-5H3. The van der Waals surface area contributed by atoms with Crippen LogP contribution in [0.25, 0.3) is 0 Å². The van der Waals surface area contributed by atoms with Crippen molar-refractivity contribution in [2.75, 3.05) is 32.1 Å². The quantitative estimate of drug-likeness (QED) is 0.740. The third-order valence-corrected chi connectivity index (χ3v) is 3.16. The van der Waals surface area contributed by atoms with Crippen LogP contribution >= 0.6 is 0 Å². The van der Waals surface area contributed by atoms with Crippen molar-refractivity contribution in [3.05, 3.63) is 29.6 Å². The smallest absolute Gasteiger partial charge is 0.161 e. The second kappa shape index (κ2) is 6.66. The van der Waals surface area contributed by atoms with Crippen molar-refractivity contribution in [1.29, 1.82) is 0 Å². The molecule has 0 N–H and O–H groups in total. The van der Waals surface area contributed by atoms with E-state index in [2.05, 4.69) is 4.90 Å². The van der Waals surface area contributed by atoms with Gasteiger partial charge in [0.1, 0.15) is 5.82 Å². The summed E-state index contributed by atoms with van der Waals surface area (Å²) < 4.78 is 14.1. The lowest BCUT2D eigenvalue weighted by molar-refractivity contribution is 0.101. The molecule has 19 heavy (non-hydrogen) atoms. The molecule has 106 valence electrons. The zero-order valence-corrected chi connectivity index (χ0v) is 12.4. The molecular formula is C15H23FN2O. The van der Waals surface area contributed by atoms with Gasteiger partial charge in [0.05, 0.1) is 5.69 Å². The Morgan fingerprint density at radius 1 is 1.37 bits per heavy atom. The highest BCUT2D eigenvalue weighted by atomic mass is 19.1. The molecule has 1 aromatic carbocycles. The fourth-order valence-corrected chi connectivity index (χ4v) is 2.41. The van der Waals surface area contributed by atoms with Crippen molar-refractivity contribution in [3.8, 4) is 0 Å². The Hall–Kier alpha value is -1.42. The molecule has 0 saturated carbocycles. The van der Waals surface area contributed by atoms with Crippen molar-refractivity contribution in [2.45, 2.75) is 26.8 Å². The molecule has 0 aliphatic rings. The van der Waals surface area contributed by atoms with E-state index in [1.54, 1.807) is 12.1 Å². The molecule has 0 bridgehead atoms. The van der Waals surface area contributed by atoms with Crippen LogP contribution in [0.5, 0.6) is 0 Å². The van der Waals surface area contributed by atoms with Crippen molar-refractivity contribution >= 4 is 11.5 Å². The highest BCUT2D eigenvalue weighted by molar-refractivity contribution is 5.99. The number of rotatable bonds is 6. The summed E-state index contributed by atoms with van der Waals surface area (Å²) in [7, 11) is 3.97. The lowest BCUT2D eigenvalue weighted by Gasteiger charge is -2.33. The van der Waals surface area contributed by atoms with Crippen molar-refractivity contribution in [2.24, 2.45) is 0 Å². The molecule has 4 heteroatoms. The van der Waals surface area contributed by atoms with Gasteiger partial charge in [-0.1, -0.05) is 6.07 Å². The minimum Gasteiger partial charge on any atom is -0.365 e. The number of para-hydroxylation sites is 1. The first-order chi connectivity index (χ1) is 8.88. The molecule has 0 saturated heterocycles. The maximum Gasteiger partial charge on any atom is 0.161 e. The van der Waals surface area contributed by atoms with E-state index in [9.17, 15) is 9.18 Å². The van der Waals surface area contributed by atoms with Gasteiger partial charge in [0.2, 0.25) is 0 Å². The second-order valence-corrected chi connectivity index (χ2v) is 5.09. The van der Waals surface area contributed by atoms with Crippen molar-refractivity contribution < 1.29 is 9.18 Å². The normalized spacial score (nSPS) is 12.6. The lowest BCUT2D eigenvalue weighted by atomic mass is 10.1. The van der Waals surface area contributed by atoms with Gasteiger partial charge >= 0.3 is 0 Å². The van der Waals surface area contributed by atoms with Crippen molar-refractivity contribution in [3.63, 3.8) is 0 Å². The molecule has 0 spiro atoms. The highest BCUT2D eigenvalue weighted by Crippen LogP contribution is 2.26. The summed E-state index contributed by atoms with van der Waals surface area (Å²) in [6.07, 6.45) is 0. The first kappa shape index (κ1) is 15.6. The summed E-state index contributed by atoms with van der Waals surface area (Å²) >= 11 is 0. The Kier molecular flexibility index (Phi) is 5.48. The molecule has 1 rings (SSSR count). The number of anilines is 1. The Bertz CT molecular complexity index is 446. The third kappa shape index (κ3) is 3.77. The summed E-state index contributed by atoms with van der Waals surface area (Å²) in [4.78, 5) is 15.7. The Balaban J connectivity index is 3.20. The van der Waals surface area contributed by atoms with Crippen LogP contribution in [0.2, 0.25) is 0 Å². The second-order valence-electron chi connectivity index (χ2n) is 5.09. The van der Waals surface area contributed by atoms with E-state index in [0.29, 0.717) is 17.8 Å². The number of carbonyl (C=O) groups excluding carboxylic acids is 1. The molecule has 0 aliphatic heterocycles. The van der Waals surface area contributed by atoms with Gasteiger partial charge in [-0.25, -0.2) is 4.39 Å². The number of nitrogens with zero attached hydrogens (tertiary/aromatic N) is 2. The number of ketones is 1. The fourth-order valence-electron chi connectivity index (χ4n) is 2.41. The predicted octanol–water partition coefficient (Wildman–Crippen LogP) is 2.80. The van der Waals surface area contributed by atoms with E-state index < -0.39 is 0 Å². The molecule has 0 heterocycles. The first-order valence-corrected chi connectivity index (χ1v) is 6.59. The number of hydrogen-bond donors (Lipinski definition) is 0. The number of benzene rings is 1. The van der Waals surface area contributed by atoms with E-state index in [1.165, 1.54) is 13.0 Å². The van der Waals surface area contributed by atoms with Crippen LogP contribution in [-0.2, 0) is 0 Å². The molecule has 0 aromatic heterocycles. The first-order valence-electron chi connectivity index (χ1n) is 6.59. The number of carbonyl (C=O) groups is 1. The number of likely N-dealkylation sites (N-methyl/N-ethyl adjacent to an activating group) is 2. The maximum absolute atomic E-state index is 14.1. The molecule has 1 unspecified atom stereocenters. The summed E-state index contributed by atoms with van der Waals surface area (Å²) in [6, 6.07) is 4.81. The highest BCUT2D eigenvalue weighted by Gasteiger charge is 2.21. The SMILES string of the molecule is CCN(c1c(F)cccc1C(C)=O)C(C)CN(C)C.